The zero-order valence-electron chi connectivity index (χ0n) is 15.9. The number of methoxy groups -OCH3 is 3. The lowest BCUT2D eigenvalue weighted by molar-refractivity contribution is 0.324. The van der Waals surface area contributed by atoms with Gasteiger partial charge in [-0.1, -0.05) is 17.7 Å². The summed E-state index contributed by atoms with van der Waals surface area (Å²) in [6.07, 6.45) is 5.30. The van der Waals surface area contributed by atoms with E-state index < -0.39 is 0 Å². The summed E-state index contributed by atoms with van der Waals surface area (Å²) in [4.78, 5) is 4.44. The molecule has 27 heavy (non-hydrogen) atoms. The molecule has 1 aliphatic carbocycles. The fourth-order valence-corrected chi connectivity index (χ4v) is 3.64. The van der Waals surface area contributed by atoms with Crippen molar-refractivity contribution in [2.75, 3.05) is 21.3 Å². The standard InChI is InChI=1S/C23H23NO3/c1-25-20-13-18(14-21(26-2)23(20)27-3)22(15-6-4-7-15)17-9-10-19-16(12-17)8-5-11-24-19/h5,8-14H,4,6-7H2,1-3H3. The molecule has 0 radical (unpaired) electrons. The van der Waals surface area contributed by atoms with Gasteiger partial charge in [0.25, 0.3) is 0 Å². The van der Waals surface area contributed by atoms with Gasteiger partial charge in [0.05, 0.1) is 26.8 Å². The van der Waals surface area contributed by atoms with Crippen molar-refractivity contribution in [3.05, 3.63) is 65.4 Å². The number of hydrogen-bond donors (Lipinski definition) is 0. The quantitative estimate of drug-likeness (QED) is 0.623. The predicted molar refractivity (Wildman–Crippen MR) is 108 cm³/mol. The molecule has 0 spiro atoms. The molecule has 1 heterocycles. The molecule has 4 nitrogen and oxygen atoms in total. The molecule has 1 saturated carbocycles. The third-order valence-electron chi connectivity index (χ3n) is 5.16. The summed E-state index contributed by atoms with van der Waals surface area (Å²) in [7, 11) is 4.93. The molecule has 1 aliphatic rings. The fourth-order valence-electron chi connectivity index (χ4n) is 3.64. The van der Waals surface area contributed by atoms with Crippen molar-refractivity contribution in [2.24, 2.45) is 0 Å². The number of benzene rings is 2. The number of nitrogens with zero attached hydrogens (tertiary/aromatic N) is 1. The van der Waals surface area contributed by atoms with Gasteiger partial charge in [-0.15, -0.1) is 0 Å². The molecule has 0 amide bonds. The summed E-state index contributed by atoms with van der Waals surface area (Å²) in [6, 6.07) is 14.6. The van der Waals surface area contributed by atoms with Crippen LogP contribution in [0.4, 0.5) is 0 Å². The SMILES string of the molecule is COc1cc(C(=C2CCC2)c2ccc3ncccc3c2)cc(OC)c1OC. The Morgan fingerprint density at radius 1 is 0.852 bits per heavy atom. The highest BCUT2D eigenvalue weighted by atomic mass is 16.5. The van der Waals surface area contributed by atoms with E-state index in [1.807, 2.05) is 24.4 Å². The maximum atomic E-state index is 5.57. The second kappa shape index (κ2) is 7.31. The van der Waals surface area contributed by atoms with Crippen molar-refractivity contribution < 1.29 is 14.2 Å². The van der Waals surface area contributed by atoms with Gasteiger partial charge in [-0.05, 0) is 66.3 Å². The summed E-state index contributed by atoms with van der Waals surface area (Å²) in [5, 5.41) is 1.14. The van der Waals surface area contributed by atoms with Crippen molar-refractivity contribution in [3.63, 3.8) is 0 Å². The molecular formula is C23H23NO3. The van der Waals surface area contributed by atoms with E-state index in [0.717, 1.165) is 29.3 Å². The Balaban J connectivity index is 1.91. The van der Waals surface area contributed by atoms with Gasteiger partial charge in [-0.3, -0.25) is 4.98 Å². The third kappa shape index (κ3) is 3.12. The molecule has 0 N–H and O–H groups in total. The van der Waals surface area contributed by atoms with Crippen LogP contribution in [-0.4, -0.2) is 26.3 Å². The molecule has 0 bridgehead atoms. The Bertz CT molecular complexity index is 992. The molecule has 0 saturated heterocycles. The molecule has 0 atom stereocenters. The Labute approximate surface area is 159 Å². The van der Waals surface area contributed by atoms with Gasteiger partial charge < -0.3 is 14.2 Å². The van der Waals surface area contributed by atoms with Crippen molar-refractivity contribution >= 4 is 16.5 Å². The molecule has 4 rings (SSSR count). The van der Waals surface area contributed by atoms with Crippen molar-refractivity contribution in [1.82, 2.24) is 4.98 Å². The lowest BCUT2D eigenvalue weighted by Gasteiger charge is -2.24. The second-order valence-electron chi connectivity index (χ2n) is 6.66. The number of hydrogen-bond acceptors (Lipinski definition) is 4. The van der Waals surface area contributed by atoms with Crippen molar-refractivity contribution in [2.45, 2.75) is 19.3 Å². The molecule has 1 aromatic heterocycles. The Morgan fingerprint density at radius 3 is 2.19 bits per heavy atom. The minimum absolute atomic E-state index is 0.615. The van der Waals surface area contributed by atoms with E-state index in [-0.39, 0.29) is 0 Å². The zero-order chi connectivity index (χ0) is 18.8. The van der Waals surface area contributed by atoms with Crippen LogP contribution >= 0.6 is 0 Å². The van der Waals surface area contributed by atoms with E-state index in [2.05, 4.69) is 29.2 Å². The highest BCUT2D eigenvalue weighted by molar-refractivity contribution is 5.90. The molecule has 0 aliphatic heterocycles. The smallest absolute Gasteiger partial charge is 0.203 e. The third-order valence-corrected chi connectivity index (χ3v) is 5.16. The number of rotatable bonds is 5. The minimum atomic E-state index is 0.615. The molecule has 4 heteroatoms. The number of allylic oxidation sites excluding steroid dienone is 1. The number of fused-ring (bicyclic) bond motifs is 1. The summed E-state index contributed by atoms with van der Waals surface area (Å²) < 4.78 is 16.6. The van der Waals surface area contributed by atoms with Crippen LogP contribution in [0.25, 0.3) is 16.5 Å². The lowest BCUT2D eigenvalue weighted by atomic mass is 9.82. The van der Waals surface area contributed by atoms with E-state index >= 15 is 0 Å². The highest BCUT2D eigenvalue weighted by Crippen LogP contribution is 2.44. The molecule has 3 aromatic rings. The second-order valence-corrected chi connectivity index (χ2v) is 6.66. The van der Waals surface area contributed by atoms with Gasteiger partial charge in [-0.2, -0.15) is 0 Å². The van der Waals surface area contributed by atoms with Gasteiger partial charge in [0, 0.05) is 11.6 Å². The van der Waals surface area contributed by atoms with Gasteiger partial charge in [0.1, 0.15) is 0 Å². The summed E-state index contributed by atoms with van der Waals surface area (Å²) in [5.74, 6) is 1.96. The largest absolute Gasteiger partial charge is 0.493 e. The monoisotopic (exact) mass is 361 g/mol. The summed E-state index contributed by atoms with van der Waals surface area (Å²) in [6.45, 7) is 0. The Kier molecular flexibility index (Phi) is 4.71. The van der Waals surface area contributed by atoms with Gasteiger partial charge in [0.2, 0.25) is 5.75 Å². The van der Waals surface area contributed by atoms with Crippen LogP contribution in [0.2, 0.25) is 0 Å². The molecule has 2 aromatic carbocycles. The first-order valence-corrected chi connectivity index (χ1v) is 9.12. The number of aromatic nitrogens is 1. The van der Waals surface area contributed by atoms with Crippen LogP contribution in [0.5, 0.6) is 17.2 Å². The zero-order valence-corrected chi connectivity index (χ0v) is 15.9. The van der Waals surface area contributed by atoms with Crippen LogP contribution < -0.4 is 14.2 Å². The van der Waals surface area contributed by atoms with Crippen LogP contribution in [0.15, 0.2) is 54.2 Å². The first kappa shape index (κ1) is 17.4. The Morgan fingerprint density at radius 2 is 1.59 bits per heavy atom. The minimum Gasteiger partial charge on any atom is -0.493 e. The van der Waals surface area contributed by atoms with Crippen LogP contribution in [0.1, 0.15) is 30.4 Å². The first-order chi connectivity index (χ1) is 13.2. The van der Waals surface area contributed by atoms with E-state index in [0.29, 0.717) is 17.2 Å². The van der Waals surface area contributed by atoms with Gasteiger partial charge in [-0.25, -0.2) is 0 Å². The van der Waals surface area contributed by atoms with Gasteiger partial charge in [0.15, 0.2) is 11.5 Å². The predicted octanol–water partition coefficient (Wildman–Crippen LogP) is 5.25. The lowest BCUT2D eigenvalue weighted by Crippen LogP contribution is -2.04. The van der Waals surface area contributed by atoms with Crippen molar-refractivity contribution in [1.29, 1.82) is 0 Å². The van der Waals surface area contributed by atoms with E-state index in [4.69, 9.17) is 14.2 Å². The maximum absolute atomic E-state index is 5.57. The highest BCUT2D eigenvalue weighted by Gasteiger charge is 2.21. The number of ether oxygens (including phenoxy) is 3. The normalized spacial score (nSPS) is 13.2. The maximum Gasteiger partial charge on any atom is 0.203 e. The van der Waals surface area contributed by atoms with E-state index in [1.165, 1.54) is 23.1 Å². The van der Waals surface area contributed by atoms with Crippen LogP contribution in [0, 0.1) is 0 Å². The van der Waals surface area contributed by atoms with E-state index in [1.54, 1.807) is 21.3 Å². The Hall–Kier alpha value is -3.01. The van der Waals surface area contributed by atoms with Crippen molar-refractivity contribution in [3.8, 4) is 17.2 Å². The first-order valence-electron chi connectivity index (χ1n) is 9.12. The molecule has 1 fully saturated rings. The van der Waals surface area contributed by atoms with Gasteiger partial charge >= 0.3 is 0 Å². The molecule has 138 valence electrons. The average Bonchev–Trinajstić information content (AvgIpc) is 2.69. The summed E-state index contributed by atoms with van der Waals surface area (Å²) in [5.41, 5.74) is 6.00. The average molecular weight is 361 g/mol. The molecular weight excluding hydrogens is 338 g/mol. The van der Waals surface area contributed by atoms with E-state index in [9.17, 15) is 0 Å². The number of pyridine rings is 1. The summed E-state index contributed by atoms with van der Waals surface area (Å²) >= 11 is 0. The fraction of sp³-hybridized carbons (Fsp3) is 0.261. The molecule has 0 unspecified atom stereocenters. The van der Waals surface area contributed by atoms with Crippen LogP contribution in [0.3, 0.4) is 0 Å². The van der Waals surface area contributed by atoms with Crippen LogP contribution in [-0.2, 0) is 0 Å². The topological polar surface area (TPSA) is 40.6 Å².